The highest BCUT2D eigenvalue weighted by molar-refractivity contribution is 7.09. The standard InChI is InChI=1S/C15H16ClNO3S/c1-11-17-13(10-21-11)9-15(18)20-8-2-7-19-14-5-3-12(16)4-6-14/h3-6,10H,2,7-9H2,1H3. The molecule has 0 amide bonds. The van der Waals surface area contributed by atoms with E-state index in [1.54, 1.807) is 24.3 Å². The van der Waals surface area contributed by atoms with Crippen molar-refractivity contribution >= 4 is 28.9 Å². The zero-order chi connectivity index (χ0) is 15.1. The van der Waals surface area contributed by atoms with Crippen LogP contribution in [0.15, 0.2) is 29.6 Å². The van der Waals surface area contributed by atoms with Crippen molar-refractivity contribution in [2.75, 3.05) is 13.2 Å². The van der Waals surface area contributed by atoms with Gasteiger partial charge in [-0.3, -0.25) is 4.79 Å². The molecule has 0 aliphatic rings. The summed E-state index contributed by atoms with van der Waals surface area (Å²) >= 11 is 7.31. The predicted molar refractivity (Wildman–Crippen MR) is 83.1 cm³/mol. The van der Waals surface area contributed by atoms with Crippen molar-refractivity contribution in [3.05, 3.63) is 45.4 Å². The Kier molecular flexibility index (Phi) is 6.02. The maximum atomic E-state index is 11.6. The molecule has 0 unspecified atom stereocenters. The van der Waals surface area contributed by atoms with Gasteiger partial charge in [-0.25, -0.2) is 4.98 Å². The molecule has 1 aromatic carbocycles. The second-order valence-electron chi connectivity index (χ2n) is 4.41. The lowest BCUT2D eigenvalue weighted by atomic mass is 10.3. The molecule has 21 heavy (non-hydrogen) atoms. The number of aromatic nitrogens is 1. The third kappa shape index (κ3) is 5.73. The molecule has 0 aliphatic carbocycles. The quantitative estimate of drug-likeness (QED) is 0.576. The highest BCUT2D eigenvalue weighted by atomic mass is 35.5. The number of carbonyl (C=O) groups excluding carboxylic acids is 1. The third-order valence-electron chi connectivity index (χ3n) is 2.63. The Labute approximate surface area is 132 Å². The normalized spacial score (nSPS) is 10.4. The second-order valence-corrected chi connectivity index (χ2v) is 5.91. The van der Waals surface area contributed by atoms with Gasteiger partial charge in [-0.05, 0) is 31.2 Å². The zero-order valence-electron chi connectivity index (χ0n) is 11.7. The van der Waals surface area contributed by atoms with Gasteiger partial charge in [-0.2, -0.15) is 0 Å². The minimum absolute atomic E-state index is 0.225. The summed E-state index contributed by atoms with van der Waals surface area (Å²) in [5.74, 6) is 0.496. The summed E-state index contributed by atoms with van der Waals surface area (Å²) in [6.07, 6.45) is 0.868. The van der Waals surface area contributed by atoms with Gasteiger partial charge in [0, 0.05) is 16.8 Å². The molecule has 0 saturated carbocycles. The summed E-state index contributed by atoms with van der Waals surface area (Å²) in [5, 5.41) is 3.50. The summed E-state index contributed by atoms with van der Waals surface area (Å²) in [6, 6.07) is 7.15. The summed E-state index contributed by atoms with van der Waals surface area (Å²) in [7, 11) is 0. The number of carbonyl (C=O) groups is 1. The van der Waals surface area contributed by atoms with E-state index < -0.39 is 0 Å². The minimum Gasteiger partial charge on any atom is -0.493 e. The van der Waals surface area contributed by atoms with Crippen molar-refractivity contribution in [3.63, 3.8) is 0 Å². The molecular formula is C15H16ClNO3S. The molecule has 0 atom stereocenters. The molecule has 4 nitrogen and oxygen atoms in total. The summed E-state index contributed by atoms with van der Waals surface area (Å²) < 4.78 is 10.6. The molecule has 0 saturated heterocycles. The van der Waals surface area contributed by atoms with Crippen molar-refractivity contribution in [1.29, 1.82) is 0 Å². The van der Waals surface area contributed by atoms with Crippen LogP contribution in [0.5, 0.6) is 5.75 Å². The lowest BCUT2D eigenvalue weighted by molar-refractivity contribution is -0.143. The lowest BCUT2D eigenvalue weighted by Gasteiger charge is -2.06. The smallest absolute Gasteiger partial charge is 0.311 e. The van der Waals surface area contributed by atoms with Crippen LogP contribution in [-0.4, -0.2) is 24.2 Å². The van der Waals surface area contributed by atoms with Crippen molar-refractivity contribution in [1.82, 2.24) is 4.98 Å². The first-order valence-corrected chi connectivity index (χ1v) is 7.84. The second kappa shape index (κ2) is 8.00. The van der Waals surface area contributed by atoms with Gasteiger partial charge in [0.2, 0.25) is 0 Å². The van der Waals surface area contributed by atoms with Crippen LogP contribution in [0.3, 0.4) is 0 Å². The van der Waals surface area contributed by atoms with E-state index in [4.69, 9.17) is 21.1 Å². The molecular weight excluding hydrogens is 310 g/mol. The van der Waals surface area contributed by atoms with Gasteiger partial charge >= 0.3 is 5.97 Å². The summed E-state index contributed by atoms with van der Waals surface area (Å²) in [4.78, 5) is 15.8. The number of thiazole rings is 1. The molecule has 0 N–H and O–H groups in total. The Bertz CT molecular complexity index is 583. The molecule has 2 aromatic rings. The molecule has 0 bridgehead atoms. The van der Waals surface area contributed by atoms with Crippen LogP contribution < -0.4 is 4.74 Å². The maximum Gasteiger partial charge on any atom is 0.311 e. The van der Waals surface area contributed by atoms with E-state index >= 15 is 0 Å². The van der Waals surface area contributed by atoms with Crippen LogP contribution in [-0.2, 0) is 16.0 Å². The first-order chi connectivity index (χ1) is 10.1. The zero-order valence-corrected chi connectivity index (χ0v) is 13.2. The largest absolute Gasteiger partial charge is 0.493 e. The van der Waals surface area contributed by atoms with Crippen LogP contribution in [0.4, 0.5) is 0 Å². The van der Waals surface area contributed by atoms with Gasteiger partial charge in [-0.1, -0.05) is 11.6 Å². The fraction of sp³-hybridized carbons (Fsp3) is 0.333. The van der Waals surface area contributed by atoms with E-state index in [0.717, 1.165) is 16.5 Å². The Morgan fingerprint density at radius 3 is 2.71 bits per heavy atom. The van der Waals surface area contributed by atoms with Gasteiger partial charge in [0.25, 0.3) is 0 Å². The minimum atomic E-state index is -0.258. The van der Waals surface area contributed by atoms with E-state index in [1.807, 2.05) is 12.3 Å². The number of halogens is 1. The first-order valence-electron chi connectivity index (χ1n) is 6.58. The molecule has 1 aromatic heterocycles. The fourth-order valence-corrected chi connectivity index (χ4v) is 2.39. The number of rotatable bonds is 7. The fourth-order valence-electron chi connectivity index (χ4n) is 1.65. The van der Waals surface area contributed by atoms with E-state index in [-0.39, 0.29) is 12.4 Å². The van der Waals surface area contributed by atoms with Crippen molar-refractivity contribution in [2.45, 2.75) is 19.8 Å². The van der Waals surface area contributed by atoms with Gasteiger partial charge in [0.15, 0.2) is 0 Å². The summed E-state index contributed by atoms with van der Waals surface area (Å²) in [5.41, 5.74) is 0.764. The predicted octanol–water partition coefficient (Wildman–Crippen LogP) is 3.66. The monoisotopic (exact) mass is 325 g/mol. The number of hydrogen-bond acceptors (Lipinski definition) is 5. The Morgan fingerprint density at radius 2 is 2.05 bits per heavy atom. The highest BCUT2D eigenvalue weighted by Gasteiger charge is 2.07. The average molecular weight is 326 g/mol. The van der Waals surface area contributed by atoms with Gasteiger partial charge in [0.05, 0.1) is 30.3 Å². The van der Waals surface area contributed by atoms with Crippen LogP contribution >= 0.6 is 22.9 Å². The Morgan fingerprint density at radius 1 is 1.29 bits per heavy atom. The van der Waals surface area contributed by atoms with Crippen LogP contribution in [0.25, 0.3) is 0 Å². The molecule has 6 heteroatoms. The number of aryl methyl sites for hydroxylation is 1. The van der Waals surface area contributed by atoms with Gasteiger partial charge in [0.1, 0.15) is 5.75 Å². The number of nitrogens with zero attached hydrogens (tertiary/aromatic N) is 1. The average Bonchev–Trinajstić information content (AvgIpc) is 2.86. The van der Waals surface area contributed by atoms with Crippen molar-refractivity contribution in [3.8, 4) is 5.75 Å². The Hall–Kier alpha value is -1.59. The maximum absolute atomic E-state index is 11.6. The van der Waals surface area contributed by atoms with Crippen molar-refractivity contribution in [2.24, 2.45) is 0 Å². The number of esters is 1. The molecule has 112 valence electrons. The van der Waals surface area contributed by atoms with Crippen molar-refractivity contribution < 1.29 is 14.3 Å². The number of benzene rings is 1. The topological polar surface area (TPSA) is 48.4 Å². The van der Waals surface area contributed by atoms with E-state index in [2.05, 4.69) is 4.98 Å². The highest BCUT2D eigenvalue weighted by Crippen LogP contribution is 2.15. The molecule has 0 aliphatic heterocycles. The lowest BCUT2D eigenvalue weighted by Crippen LogP contribution is -2.11. The van der Waals surface area contributed by atoms with Crippen LogP contribution in [0.2, 0.25) is 5.02 Å². The van der Waals surface area contributed by atoms with E-state index in [1.165, 1.54) is 11.3 Å². The van der Waals surface area contributed by atoms with E-state index in [0.29, 0.717) is 24.7 Å². The molecule has 0 spiro atoms. The van der Waals surface area contributed by atoms with E-state index in [9.17, 15) is 4.79 Å². The van der Waals surface area contributed by atoms with Crippen LogP contribution in [0.1, 0.15) is 17.1 Å². The molecule has 0 fully saturated rings. The molecule has 2 rings (SSSR count). The number of hydrogen-bond donors (Lipinski definition) is 0. The van der Waals surface area contributed by atoms with Gasteiger partial charge < -0.3 is 9.47 Å². The third-order valence-corrected chi connectivity index (χ3v) is 3.70. The number of ether oxygens (including phenoxy) is 2. The molecule has 1 heterocycles. The summed E-state index contributed by atoms with van der Waals surface area (Å²) in [6.45, 7) is 2.74. The Balaban J connectivity index is 1.59. The SMILES string of the molecule is Cc1nc(CC(=O)OCCCOc2ccc(Cl)cc2)cs1. The molecule has 0 radical (unpaired) electrons. The van der Waals surface area contributed by atoms with Gasteiger partial charge in [-0.15, -0.1) is 11.3 Å². The first kappa shape index (κ1) is 15.8. The van der Waals surface area contributed by atoms with Crippen LogP contribution in [0, 0.1) is 6.92 Å².